The summed E-state index contributed by atoms with van der Waals surface area (Å²) < 4.78 is 15.7. The molecule has 0 unspecified atom stereocenters. The Morgan fingerprint density at radius 2 is 2.00 bits per heavy atom. The molecule has 1 radical (unpaired) electrons. The molecule has 0 atom stereocenters. The van der Waals surface area contributed by atoms with Crippen molar-refractivity contribution >= 4 is 5.97 Å². The predicted molar refractivity (Wildman–Crippen MR) is 58.9 cm³/mol. The third-order valence-corrected chi connectivity index (χ3v) is 1.71. The smallest absolute Gasteiger partial charge is 0.308 e. The number of carbonyl (C=O) groups excluding carboxylic acids is 1. The average molecular weight is 223 g/mol. The molecule has 0 N–H and O–H groups in total. The van der Waals surface area contributed by atoms with Gasteiger partial charge in [0.25, 0.3) is 0 Å². The van der Waals surface area contributed by atoms with Gasteiger partial charge in [0.15, 0.2) is 11.5 Å². The summed E-state index contributed by atoms with van der Waals surface area (Å²) in [7, 11) is 0. The highest BCUT2D eigenvalue weighted by atomic mass is 16.6. The second-order valence-corrected chi connectivity index (χ2v) is 2.96. The molecule has 0 heterocycles. The van der Waals surface area contributed by atoms with Crippen LogP contribution in [0.5, 0.6) is 17.2 Å². The SMILES string of the molecule is CCOc1cc[c]c(OC(C)=O)c1OCC. The minimum absolute atomic E-state index is 0.264. The Balaban J connectivity index is 3.04. The van der Waals surface area contributed by atoms with E-state index in [4.69, 9.17) is 14.2 Å². The summed E-state index contributed by atoms with van der Waals surface area (Å²) in [6.07, 6.45) is 0. The second-order valence-electron chi connectivity index (χ2n) is 2.96. The summed E-state index contributed by atoms with van der Waals surface area (Å²) in [5.41, 5.74) is 0. The third kappa shape index (κ3) is 3.15. The maximum absolute atomic E-state index is 10.9. The van der Waals surface area contributed by atoms with E-state index in [2.05, 4.69) is 6.07 Å². The van der Waals surface area contributed by atoms with Crippen LogP contribution in [0.15, 0.2) is 12.1 Å². The summed E-state index contributed by atoms with van der Waals surface area (Å²) in [5, 5.41) is 0. The van der Waals surface area contributed by atoms with Crippen molar-refractivity contribution < 1.29 is 19.0 Å². The summed E-state index contributed by atoms with van der Waals surface area (Å²) in [4.78, 5) is 10.9. The lowest BCUT2D eigenvalue weighted by Crippen LogP contribution is -2.06. The lowest BCUT2D eigenvalue weighted by atomic mass is 10.3. The molecule has 0 aliphatic heterocycles. The maximum atomic E-state index is 10.9. The van der Waals surface area contributed by atoms with Gasteiger partial charge in [-0.2, -0.15) is 0 Å². The van der Waals surface area contributed by atoms with Crippen LogP contribution in [0.4, 0.5) is 0 Å². The van der Waals surface area contributed by atoms with E-state index in [-0.39, 0.29) is 5.75 Å². The number of carbonyl (C=O) groups is 1. The van der Waals surface area contributed by atoms with Gasteiger partial charge in [0.05, 0.1) is 13.2 Å². The molecule has 0 saturated heterocycles. The minimum atomic E-state index is -0.411. The van der Waals surface area contributed by atoms with Gasteiger partial charge in [0.2, 0.25) is 5.75 Å². The van der Waals surface area contributed by atoms with E-state index in [1.54, 1.807) is 12.1 Å². The zero-order valence-corrected chi connectivity index (χ0v) is 9.70. The van der Waals surface area contributed by atoms with E-state index in [0.717, 1.165) is 0 Å². The van der Waals surface area contributed by atoms with Gasteiger partial charge in [-0.05, 0) is 26.0 Å². The molecule has 0 amide bonds. The zero-order chi connectivity index (χ0) is 12.0. The first-order valence-corrected chi connectivity index (χ1v) is 5.17. The Morgan fingerprint density at radius 1 is 1.31 bits per heavy atom. The van der Waals surface area contributed by atoms with Crippen molar-refractivity contribution in [2.45, 2.75) is 20.8 Å². The molecule has 0 spiro atoms. The molecule has 1 rings (SSSR count). The molecule has 4 nitrogen and oxygen atoms in total. The molecule has 0 bridgehead atoms. The van der Waals surface area contributed by atoms with E-state index in [9.17, 15) is 4.79 Å². The van der Waals surface area contributed by atoms with Crippen LogP contribution in [-0.2, 0) is 4.79 Å². The van der Waals surface area contributed by atoms with E-state index in [0.29, 0.717) is 24.7 Å². The molecule has 0 aliphatic rings. The van der Waals surface area contributed by atoms with Crippen LogP contribution in [0, 0.1) is 6.07 Å². The van der Waals surface area contributed by atoms with Gasteiger partial charge in [-0.1, -0.05) is 0 Å². The quantitative estimate of drug-likeness (QED) is 0.567. The molecule has 1 aromatic carbocycles. The zero-order valence-electron chi connectivity index (χ0n) is 9.70. The van der Waals surface area contributed by atoms with E-state index >= 15 is 0 Å². The van der Waals surface area contributed by atoms with Crippen molar-refractivity contribution in [1.29, 1.82) is 0 Å². The fourth-order valence-electron chi connectivity index (χ4n) is 1.22. The normalized spacial score (nSPS) is 9.69. The molecule has 4 heteroatoms. The van der Waals surface area contributed by atoms with Gasteiger partial charge in [0.1, 0.15) is 0 Å². The van der Waals surface area contributed by atoms with Crippen molar-refractivity contribution in [3.05, 3.63) is 18.2 Å². The Bertz CT molecular complexity index is 360. The van der Waals surface area contributed by atoms with E-state index in [1.807, 2.05) is 13.8 Å². The predicted octanol–water partition coefficient (Wildman–Crippen LogP) is 2.21. The first-order valence-electron chi connectivity index (χ1n) is 5.17. The van der Waals surface area contributed by atoms with Crippen LogP contribution in [0.25, 0.3) is 0 Å². The fraction of sp³-hybridized carbons (Fsp3) is 0.417. The molecular formula is C12H15O4. The largest absolute Gasteiger partial charge is 0.490 e. The van der Waals surface area contributed by atoms with Crippen molar-refractivity contribution in [2.24, 2.45) is 0 Å². The average Bonchev–Trinajstić information content (AvgIpc) is 2.22. The first kappa shape index (κ1) is 12.4. The molecule has 0 aromatic heterocycles. The van der Waals surface area contributed by atoms with Gasteiger partial charge in [-0.15, -0.1) is 0 Å². The topological polar surface area (TPSA) is 44.8 Å². The minimum Gasteiger partial charge on any atom is -0.490 e. The van der Waals surface area contributed by atoms with E-state index < -0.39 is 5.97 Å². The molecule has 87 valence electrons. The van der Waals surface area contributed by atoms with Crippen LogP contribution in [0.2, 0.25) is 0 Å². The van der Waals surface area contributed by atoms with Crippen molar-refractivity contribution in [2.75, 3.05) is 13.2 Å². The third-order valence-electron chi connectivity index (χ3n) is 1.71. The number of hydrogen-bond acceptors (Lipinski definition) is 4. The van der Waals surface area contributed by atoms with Gasteiger partial charge < -0.3 is 14.2 Å². The summed E-state index contributed by atoms with van der Waals surface area (Å²) in [6, 6.07) is 6.16. The number of hydrogen-bond donors (Lipinski definition) is 0. The van der Waals surface area contributed by atoms with Crippen LogP contribution in [0.3, 0.4) is 0 Å². The van der Waals surface area contributed by atoms with Gasteiger partial charge in [-0.25, -0.2) is 0 Å². The monoisotopic (exact) mass is 223 g/mol. The standard InChI is InChI=1S/C12H15O4/c1-4-14-10-7-6-8-11(16-9(3)13)12(10)15-5-2/h6-7H,4-5H2,1-3H3. The fourth-order valence-corrected chi connectivity index (χ4v) is 1.22. The second kappa shape index (κ2) is 6.00. The van der Waals surface area contributed by atoms with Gasteiger partial charge in [-0.3, -0.25) is 4.79 Å². The lowest BCUT2D eigenvalue weighted by molar-refractivity contribution is -0.132. The Labute approximate surface area is 95.1 Å². The van der Waals surface area contributed by atoms with Crippen molar-refractivity contribution in [3.63, 3.8) is 0 Å². The van der Waals surface area contributed by atoms with Crippen LogP contribution < -0.4 is 14.2 Å². The van der Waals surface area contributed by atoms with Crippen LogP contribution in [-0.4, -0.2) is 19.2 Å². The number of esters is 1. The molecule has 16 heavy (non-hydrogen) atoms. The number of rotatable bonds is 5. The highest BCUT2D eigenvalue weighted by molar-refractivity contribution is 5.71. The lowest BCUT2D eigenvalue weighted by Gasteiger charge is -2.13. The Morgan fingerprint density at radius 3 is 2.56 bits per heavy atom. The highest BCUT2D eigenvalue weighted by Gasteiger charge is 2.13. The summed E-state index contributed by atoms with van der Waals surface area (Å²) in [6.45, 7) is 6.03. The molecule has 0 fully saturated rings. The first-order chi connectivity index (χ1) is 7.69. The number of ether oxygens (including phenoxy) is 3. The number of benzene rings is 1. The summed E-state index contributed by atoms with van der Waals surface area (Å²) >= 11 is 0. The maximum Gasteiger partial charge on any atom is 0.308 e. The van der Waals surface area contributed by atoms with Gasteiger partial charge in [0, 0.05) is 13.0 Å². The summed E-state index contributed by atoms with van der Waals surface area (Å²) in [5.74, 6) is 0.826. The molecule has 0 saturated carbocycles. The molecule has 0 aliphatic carbocycles. The highest BCUT2D eigenvalue weighted by Crippen LogP contribution is 2.36. The van der Waals surface area contributed by atoms with Gasteiger partial charge >= 0.3 is 5.97 Å². The Hall–Kier alpha value is -1.71. The van der Waals surface area contributed by atoms with Crippen molar-refractivity contribution in [1.82, 2.24) is 0 Å². The van der Waals surface area contributed by atoms with Crippen LogP contribution >= 0.6 is 0 Å². The molecule has 1 aromatic rings. The van der Waals surface area contributed by atoms with Crippen molar-refractivity contribution in [3.8, 4) is 17.2 Å². The Kier molecular flexibility index (Phi) is 4.64. The molecular weight excluding hydrogens is 208 g/mol. The van der Waals surface area contributed by atoms with E-state index in [1.165, 1.54) is 6.92 Å². The van der Waals surface area contributed by atoms with Crippen LogP contribution in [0.1, 0.15) is 20.8 Å².